The summed E-state index contributed by atoms with van der Waals surface area (Å²) in [5.41, 5.74) is 5.42. The summed E-state index contributed by atoms with van der Waals surface area (Å²) >= 11 is 0. The van der Waals surface area contributed by atoms with Crippen LogP contribution in [0.3, 0.4) is 0 Å². The van der Waals surface area contributed by atoms with Crippen molar-refractivity contribution in [3.8, 4) is 0 Å². The van der Waals surface area contributed by atoms with E-state index < -0.39 is 0 Å². The van der Waals surface area contributed by atoms with Gasteiger partial charge >= 0.3 is 0 Å². The summed E-state index contributed by atoms with van der Waals surface area (Å²) in [7, 11) is 0. The summed E-state index contributed by atoms with van der Waals surface area (Å²) in [5, 5.41) is 3.51. The van der Waals surface area contributed by atoms with Gasteiger partial charge in [-0.3, -0.25) is 14.7 Å². The average molecular weight is 533 g/mol. The number of halogens is 1. The van der Waals surface area contributed by atoms with Crippen LogP contribution in [0.15, 0.2) is 27.8 Å². The fourth-order valence-electron chi connectivity index (χ4n) is 4.03. The predicted molar refractivity (Wildman–Crippen MR) is 128 cm³/mol. The number of nitrogens with zero attached hydrogens (tertiary/aromatic N) is 3. The van der Waals surface area contributed by atoms with Crippen LogP contribution in [0.2, 0.25) is 0 Å². The van der Waals surface area contributed by atoms with Crippen molar-refractivity contribution in [2.75, 3.05) is 59.0 Å². The molecule has 1 amide bonds. The van der Waals surface area contributed by atoms with Crippen molar-refractivity contribution in [2.45, 2.75) is 32.1 Å². The van der Waals surface area contributed by atoms with E-state index in [9.17, 15) is 4.79 Å². The molecule has 8 nitrogen and oxygen atoms in total. The molecule has 0 aromatic carbocycles. The van der Waals surface area contributed by atoms with Crippen LogP contribution < -0.4 is 11.1 Å². The van der Waals surface area contributed by atoms with Crippen LogP contribution in [0.5, 0.6) is 0 Å². The molecule has 3 rings (SSSR count). The third-order valence-corrected chi connectivity index (χ3v) is 5.54. The molecular weight excluding hydrogens is 497 g/mol. The number of amides is 1. The minimum Gasteiger partial charge on any atom is -0.469 e. The Labute approximate surface area is 196 Å². The minimum atomic E-state index is -0.216. The first-order chi connectivity index (χ1) is 14.2. The van der Waals surface area contributed by atoms with Crippen molar-refractivity contribution in [3.05, 3.63) is 24.2 Å². The lowest BCUT2D eigenvalue weighted by Crippen LogP contribution is -2.47. The number of morpholine rings is 1. The molecule has 0 saturated carbocycles. The first kappa shape index (κ1) is 24.9. The lowest BCUT2D eigenvalue weighted by atomic mass is 9.95. The maximum Gasteiger partial charge on any atom is 0.217 e. The lowest BCUT2D eigenvalue weighted by Gasteiger charge is -2.35. The molecule has 1 atom stereocenters. The van der Waals surface area contributed by atoms with Gasteiger partial charge in [-0.2, -0.15) is 0 Å². The second-order valence-corrected chi connectivity index (χ2v) is 7.89. The van der Waals surface area contributed by atoms with E-state index >= 15 is 0 Å². The number of nitrogens with one attached hydrogen (secondary N) is 1. The second kappa shape index (κ2) is 13.9. The van der Waals surface area contributed by atoms with E-state index in [-0.39, 0.29) is 29.9 Å². The number of piperidine rings is 1. The Balaban J connectivity index is 0.00000320. The molecule has 0 radical (unpaired) electrons. The van der Waals surface area contributed by atoms with Gasteiger partial charge in [0.05, 0.1) is 19.5 Å². The van der Waals surface area contributed by atoms with E-state index in [1.807, 2.05) is 12.1 Å². The summed E-state index contributed by atoms with van der Waals surface area (Å²) < 4.78 is 10.8. The van der Waals surface area contributed by atoms with Crippen molar-refractivity contribution in [3.63, 3.8) is 0 Å². The number of guanidine groups is 1. The van der Waals surface area contributed by atoms with Crippen LogP contribution in [0.4, 0.5) is 0 Å². The largest absolute Gasteiger partial charge is 0.469 e. The molecule has 2 aliphatic heterocycles. The number of carbonyl (C=O) groups excluding carboxylic acids is 1. The molecule has 3 heterocycles. The van der Waals surface area contributed by atoms with Crippen molar-refractivity contribution in [2.24, 2.45) is 16.6 Å². The van der Waals surface area contributed by atoms with Crippen LogP contribution in [0.25, 0.3) is 0 Å². The number of nitrogens with two attached hydrogens (primary N) is 1. The molecule has 9 heteroatoms. The molecule has 2 fully saturated rings. The Kier molecular flexibility index (Phi) is 11.5. The third-order valence-electron chi connectivity index (χ3n) is 5.54. The van der Waals surface area contributed by atoms with Crippen molar-refractivity contribution in [1.29, 1.82) is 0 Å². The fraction of sp³-hybridized carbons (Fsp3) is 0.714. The number of rotatable bonds is 9. The first-order valence-electron chi connectivity index (χ1n) is 10.8. The maximum atomic E-state index is 11.3. The zero-order chi connectivity index (χ0) is 20.3. The Bertz CT molecular complexity index is 635. The van der Waals surface area contributed by atoms with Gasteiger partial charge in [-0.1, -0.05) is 0 Å². The normalized spacial score (nSPS) is 20.6. The summed E-state index contributed by atoms with van der Waals surface area (Å²) in [6.45, 7) is 8.10. The predicted octanol–water partition coefficient (Wildman–Crippen LogP) is 1.70. The SMILES string of the molecule is I.NC(=O)CC1CCCN(C(=NCCCN2CCOCC2)NCCc2ccco2)C1. The van der Waals surface area contributed by atoms with E-state index in [0.29, 0.717) is 12.3 Å². The van der Waals surface area contributed by atoms with Crippen LogP contribution in [0, 0.1) is 5.92 Å². The Hall–Kier alpha value is -1.33. The topological polar surface area (TPSA) is 96.3 Å². The molecule has 1 aromatic rings. The Morgan fingerprint density at radius 2 is 2.13 bits per heavy atom. The summed E-state index contributed by atoms with van der Waals surface area (Å²) in [4.78, 5) is 21.0. The second-order valence-electron chi connectivity index (χ2n) is 7.89. The molecule has 0 spiro atoms. The highest BCUT2D eigenvalue weighted by atomic mass is 127. The van der Waals surface area contributed by atoms with Gasteiger partial charge in [0.2, 0.25) is 5.91 Å². The smallest absolute Gasteiger partial charge is 0.217 e. The molecule has 3 N–H and O–H groups in total. The molecular formula is C21H36IN5O3. The van der Waals surface area contributed by atoms with Crippen LogP contribution in [0.1, 0.15) is 31.4 Å². The number of ether oxygens (including phenoxy) is 1. The van der Waals surface area contributed by atoms with Gasteiger partial charge in [-0.05, 0) is 37.3 Å². The third kappa shape index (κ3) is 8.81. The number of likely N-dealkylation sites (tertiary alicyclic amines) is 1. The standard InChI is InChI=1S/C21H35N5O3.HI/c22-20(27)16-18-4-1-10-26(17-18)21(24-8-6-19-5-2-13-29-19)23-7-3-9-25-11-14-28-15-12-25;/h2,5,13,18H,1,3-4,6-12,14-17H2,(H2,22,27)(H,23,24);1H. The molecule has 1 aromatic heterocycles. The van der Waals surface area contributed by atoms with Gasteiger partial charge in [0.1, 0.15) is 5.76 Å². The van der Waals surface area contributed by atoms with Gasteiger partial charge < -0.3 is 25.1 Å². The summed E-state index contributed by atoms with van der Waals surface area (Å²) in [6.07, 6.45) is 6.11. The number of hydrogen-bond donors (Lipinski definition) is 2. The van der Waals surface area contributed by atoms with E-state index in [2.05, 4.69) is 15.1 Å². The zero-order valence-electron chi connectivity index (χ0n) is 17.8. The number of hydrogen-bond acceptors (Lipinski definition) is 5. The Morgan fingerprint density at radius 3 is 2.87 bits per heavy atom. The maximum absolute atomic E-state index is 11.3. The zero-order valence-corrected chi connectivity index (χ0v) is 20.1. The summed E-state index contributed by atoms with van der Waals surface area (Å²) in [5.74, 6) is 2.00. The summed E-state index contributed by atoms with van der Waals surface area (Å²) in [6, 6.07) is 3.90. The molecule has 1 unspecified atom stereocenters. The van der Waals surface area contributed by atoms with Gasteiger partial charge in [0, 0.05) is 58.7 Å². The quantitative estimate of drug-likeness (QED) is 0.217. The van der Waals surface area contributed by atoms with Crippen molar-refractivity contribution >= 4 is 35.8 Å². The van der Waals surface area contributed by atoms with E-state index in [1.165, 1.54) is 0 Å². The van der Waals surface area contributed by atoms with E-state index in [4.69, 9.17) is 19.9 Å². The van der Waals surface area contributed by atoms with E-state index in [0.717, 1.165) is 96.4 Å². The average Bonchev–Trinajstić information content (AvgIpc) is 3.24. The molecule has 0 bridgehead atoms. The van der Waals surface area contributed by atoms with Crippen molar-refractivity contribution < 1.29 is 13.9 Å². The molecule has 170 valence electrons. The first-order valence-corrected chi connectivity index (χ1v) is 10.8. The van der Waals surface area contributed by atoms with Crippen LogP contribution in [-0.2, 0) is 16.0 Å². The van der Waals surface area contributed by atoms with Gasteiger partial charge in [0.25, 0.3) is 0 Å². The number of primary amides is 1. The van der Waals surface area contributed by atoms with Crippen molar-refractivity contribution in [1.82, 2.24) is 15.1 Å². The van der Waals surface area contributed by atoms with Gasteiger partial charge in [0.15, 0.2) is 5.96 Å². The molecule has 2 saturated heterocycles. The highest BCUT2D eigenvalue weighted by Crippen LogP contribution is 2.19. The monoisotopic (exact) mass is 533 g/mol. The van der Waals surface area contributed by atoms with Gasteiger partial charge in [-0.25, -0.2) is 0 Å². The number of aliphatic imine (C=N–C) groups is 1. The fourth-order valence-corrected chi connectivity index (χ4v) is 4.03. The Morgan fingerprint density at radius 1 is 1.30 bits per heavy atom. The van der Waals surface area contributed by atoms with Crippen LogP contribution in [-0.4, -0.2) is 80.7 Å². The van der Waals surface area contributed by atoms with Crippen LogP contribution >= 0.6 is 24.0 Å². The van der Waals surface area contributed by atoms with E-state index in [1.54, 1.807) is 6.26 Å². The number of furan rings is 1. The highest BCUT2D eigenvalue weighted by Gasteiger charge is 2.23. The highest BCUT2D eigenvalue weighted by molar-refractivity contribution is 14.0. The van der Waals surface area contributed by atoms with Gasteiger partial charge in [-0.15, -0.1) is 24.0 Å². The molecule has 30 heavy (non-hydrogen) atoms. The molecule has 0 aliphatic carbocycles. The molecule has 2 aliphatic rings. The lowest BCUT2D eigenvalue weighted by molar-refractivity contribution is -0.119. The number of carbonyl (C=O) groups is 1. The minimum absolute atomic E-state index is 0.